The molecule has 3 nitrogen and oxygen atoms in total. The molecule has 0 unspecified atom stereocenters. The number of aliphatic hydroxyl groups is 1. The molecule has 0 saturated heterocycles. The number of rotatable bonds is 5. The molecule has 0 aliphatic rings. The summed E-state index contributed by atoms with van der Waals surface area (Å²) in [5, 5.41) is 8.92. The van der Waals surface area contributed by atoms with Gasteiger partial charge in [-0.25, -0.2) is 0 Å². The van der Waals surface area contributed by atoms with Crippen molar-refractivity contribution in [2.45, 2.75) is 13.3 Å². The predicted molar refractivity (Wildman–Crippen MR) is 71.6 cm³/mol. The molecule has 94 valence electrons. The topological polar surface area (TPSA) is 42.4 Å². The van der Waals surface area contributed by atoms with Gasteiger partial charge < -0.3 is 9.84 Å². The standard InChI is InChI=1S/C15H17NO2/c1-2-18-14-8-6-12(7-9-14)15-5-3-4-13(16-15)10-11-17/h3-9,17H,2,10-11H2,1H3. The van der Waals surface area contributed by atoms with Gasteiger partial charge in [0.05, 0.1) is 12.3 Å². The van der Waals surface area contributed by atoms with E-state index in [9.17, 15) is 0 Å². The minimum absolute atomic E-state index is 0.125. The molecule has 2 rings (SSSR count). The van der Waals surface area contributed by atoms with E-state index in [1.165, 1.54) is 0 Å². The van der Waals surface area contributed by atoms with Crippen LogP contribution in [0.1, 0.15) is 12.6 Å². The largest absolute Gasteiger partial charge is 0.494 e. The number of aliphatic hydroxyl groups excluding tert-OH is 1. The number of nitrogens with zero attached hydrogens (tertiary/aromatic N) is 1. The average Bonchev–Trinajstić information content (AvgIpc) is 2.41. The molecule has 1 aromatic carbocycles. The van der Waals surface area contributed by atoms with E-state index in [0.717, 1.165) is 22.7 Å². The molecule has 0 aliphatic carbocycles. The van der Waals surface area contributed by atoms with Gasteiger partial charge in [0, 0.05) is 24.3 Å². The Balaban J connectivity index is 2.22. The van der Waals surface area contributed by atoms with E-state index < -0.39 is 0 Å². The zero-order valence-electron chi connectivity index (χ0n) is 10.5. The third-order valence-corrected chi connectivity index (χ3v) is 2.64. The maximum absolute atomic E-state index is 8.92. The Labute approximate surface area is 107 Å². The monoisotopic (exact) mass is 243 g/mol. The number of aromatic nitrogens is 1. The fraction of sp³-hybridized carbons (Fsp3) is 0.267. The highest BCUT2D eigenvalue weighted by Gasteiger charge is 2.01. The fourth-order valence-electron chi connectivity index (χ4n) is 1.78. The third kappa shape index (κ3) is 3.08. The number of pyridine rings is 1. The van der Waals surface area contributed by atoms with Gasteiger partial charge in [-0.15, -0.1) is 0 Å². The molecule has 1 aromatic heterocycles. The van der Waals surface area contributed by atoms with Gasteiger partial charge in [0.2, 0.25) is 0 Å². The molecule has 0 amide bonds. The quantitative estimate of drug-likeness (QED) is 0.878. The van der Waals surface area contributed by atoms with Crippen molar-refractivity contribution in [3.05, 3.63) is 48.2 Å². The summed E-state index contributed by atoms with van der Waals surface area (Å²) in [4.78, 5) is 4.51. The van der Waals surface area contributed by atoms with Gasteiger partial charge in [0.25, 0.3) is 0 Å². The van der Waals surface area contributed by atoms with E-state index in [1.807, 2.05) is 49.4 Å². The fourth-order valence-corrected chi connectivity index (χ4v) is 1.78. The molecule has 0 aliphatic heterocycles. The summed E-state index contributed by atoms with van der Waals surface area (Å²) < 4.78 is 5.41. The molecule has 1 heterocycles. The molecule has 18 heavy (non-hydrogen) atoms. The summed E-state index contributed by atoms with van der Waals surface area (Å²) in [6, 6.07) is 13.7. The summed E-state index contributed by atoms with van der Waals surface area (Å²) in [5.41, 5.74) is 2.88. The van der Waals surface area contributed by atoms with Crippen LogP contribution < -0.4 is 4.74 Å². The van der Waals surface area contributed by atoms with Crippen LogP contribution in [-0.4, -0.2) is 23.3 Å². The minimum atomic E-state index is 0.125. The Bertz CT molecular complexity index is 494. The van der Waals surface area contributed by atoms with Crippen molar-refractivity contribution in [3.63, 3.8) is 0 Å². The molecule has 0 bridgehead atoms. The first-order chi connectivity index (χ1) is 8.83. The number of ether oxygens (including phenoxy) is 1. The second-order valence-electron chi connectivity index (χ2n) is 3.95. The summed E-state index contributed by atoms with van der Waals surface area (Å²) >= 11 is 0. The van der Waals surface area contributed by atoms with Gasteiger partial charge in [-0.05, 0) is 43.3 Å². The van der Waals surface area contributed by atoms with Crippen LogP contribution in [0.15, 0.2) is 42.5 Å². The van der Waals surface area contributed by atoms with Crippen molar-refractivity contribution >= 4 is 0 Å². The van der Waals surface area contributed by atoms with Gasteiger partial charge in [-0.1, -0.05) is 6.07 Å². The lowest BCUT2D eigenvalue weighted by Gasteiger charge is -2.06. The number of hydrogen-bond donors (Lipinski definition) is 1. The van der Waals surface area contributed by atoms with Gasteiger partial charge in [0.15, 0.2) is 0 Å². The number of benzene rings is 1. The molecule has 1 N–H and O–H groups in total. The van der Waals surface area contributed by atoms with E-state index >= 15 is 0 Å². The van der Waals surface area contributed by atoms with Crippen molar-refractivity contribution in [3.8, 4) is 17.0 Å². The zero-order valence-corrected chi connectivity index (χ0v) is 10.5. The Morgan fingerprint density at radius 2 is 1.89 bits per heavy atom. The first-order valence-corrected chi connectivity index (χ1v) is 6.13. The molecule has 0 radical (unpaired) electrons. The van der Waals surface area contributed by atoms with Crippen LogP contribution in [0.2, 0.25) is 0 Å². The summed E-state index contributed by atoms with van der Waals surface area (Å²) in [7, 11) is 0. The minimum Gasteiger partial charge on any atom is -0.494 e. The normalized spacial score (nSPS) is 10.3. The van der Waals surface area contributed by atoms with Crippen LogP contribution in [-0.2, 0) is 6.42 Å². The lowest BCUT2D eigenvalue weighted by Crippen LogP contribution is -1.96. The third-order valence-electron chi connectivity index (χ3n) is 2.64. The van der Waals surface area contributed by atoms with Crippen LogP contribution in [0.4, 0.5) is 0 Å². The van der Waals surface area contributed by atoms with Gasteiger partial charge in [-0.2, -0.15) is 0 Å². The lowest BCUT2D eigenvalue weighted by atomic mass is 10.1. The second kappa shape index (κ2) is 6.17. The second-order valence-corrected chi connectivity index (χ2v) is 3.95. The highest BCUT2D eigenvalue weighted by atomic mass is 16.5. The molecule has 0 atom stereocenters. The maximum Gasteiger partial charge on any atom is 0.119 e. The van der Waals surface area contributed by atoms with Gasteiger partial charge in [-0.3, -0.25) is 4.98 Å². The Morgan fingerprint density at radius 3 is 2.56 bits per heavy atom. The highest BCUT2D eigenvalue weighted by molar-refractivity contribution is 5.60. The summed E-state index contributed by atoms with van der Waals surface area (Å²) in [6.45, 7) is 2.76. The van der Waals surface area contributed by atoms with E-state index in [0.29, 0.717) is 13.0 Å². The summed E-state index contributed by atoms with van der Waals surface area (Å²) in [6.07, 6.45) is 0.588. The Morgan fingerprint density at radius 1 is 1.11 bits per heavy atom. The maximum atomic E-state index is 8.92. The lowest BCUT2D eigenvalue weighted by molar-refractivity contribution is 0.298. The van der Waals surface area contributed by atoms with Crippen molar-refractivity contribution in [2.24, 2.45) is 0 Å². The highest BCUT2D eigenvalue weighted by Crippen LogP contribution is 2.21. The van der Waals surface area contributed by atoms with E-state index in [-0.39, 0.29) is 6.61 Å². The smallest absolute Gasteiger partial charge is 0.119 e. The van der Waals surface area contributed by atoms with Crippen molar-refractivity contribution in [1.82, 2.24) is 4.98 Å². The predicted octanol–water partition coefficient (Wildman–Crippen LogP) is 2.68. The van der Waals surface area contributed by atoms with Crippen LogP contribution >= 0.6 is 0 Å². The summed E-state index contributed by atoms with van der Waals surface area (Å²) in [5.74, 6) is 0.868. The van der Waals surface area contributed by atoms with Gasteiger partial charge >= 0.3 is 0 Å². The van der Waals surface area contributed by atoms with Crippen LogP contribution in [0, 0.1) is 0 Å². The molecular weight excluding hydrogens is 226 g/mol. The zero-order chi connectivity index (χ0) is 12.8. The van der Waals surface area contributed by atoms with Crippen LogP contribution in [0.3, 0.4) is 0 Å². The molecular formula is C15H17NO2. The molecule has 3 heteroatoms. The van der Waals surface area contributed by atoms with E-state index in [1.54, 1.807) is 0 Å². The molecule has 2 aromatic rings. The van der Waals surface area contributed by atoms with Crippen molar-refractivity contribution in [2.75, 3.05) is 13.2 Å². The van der Waals surface area contributed by atoms with E-state index in [4.69, 9.17) is 9.84 Å². The van der Waals surface area contributed by atoms with Crippen LogP contribution in [0.25, 0.3) is 11.3 Å². The Hall–Kier alpha value is -1.87. The van der Waals surface area contributed by atoms with Gasteiger partial charge in [0.1, 0.15) is 5.75 Å². The number of hydrogen-bond acceptors (Lipinski definition) is 3. The average molecular weight is 243 g/mol. The molecule has 0 spiro atoms. The Kier molecular flexibility index (Phi) is 4.31. The first-order valence-electron chi connectivity index (χ1n) is 6.13. The van der Waals surface area contributed by atoms with Crippen molar-refractivity contribution < 1.29 is 9.84 Å². The van der Waals surface area contributed by atoms with E-state index in [2.05, 4.69) is 4.98 Å². The first kappa shape index (κ1) is 12.6. The SMILES string of the molecule is CCOc1ccc(-c2cccc(CCO)n2)cc1. The molecule has 0 saturated carbocycles. The van der Waals surface area contributed by atoms with Crippen LogP contribution in [0.5, 0.6) is 5.75 Å². The van der Waals surface area contributed by atoms with Crippen molar-refractivity contribution in [1.29, 1.82) is 0 Å². The molecule has 0 fully saturated rings.